The molecular weight excluding hydrogens is 367 g/mol. The minimum atomic E-state index is -0.463. The van der Waals surface area contributed by atoms with Crippen molar-refractivity contribution in [1.29, 1.82) is 0 Å². The minimum Gasteiger partial charge on any atom is -0.336 e. The average molecular weight is 383 g/mol. The summed E-state index contributed by atoms with van der Waals surface area (Å²) in [7, 11) is 1.47. The van der Waals surface area contributed by atoms with Gasteiger partial charge in [-0.1, -0.05) is 17.7 Å². The van der Waals surface area contributed by atoms with Crippen LogP contribution in [0.5, 0.6) is 0 Å². The number of carbonyl (C=O) groups is 3. The van der Waals surface area contributed by atoms with Crippen molar-refractivity contribution in [3.05, 3.63) is 51.4 Å². The molecule has 2 aromatic rings. The Labute approximate surface area is 153 Å². The van der Waals surface area contributed by atoms with E-state index in [0.717, 1.165) is 0 Å². The van der Waals surface area contributed by atoms with Crippen molar-refractivity contribution >= 4 is 46.2 Å². The van der Waals surface area contributed by atoms with Gasteiger partial charge in [0.1, 0.15) is 5.82 Å². The summed E-state index contributed by atoms with van der Waals surface area (Å²) in [6.07, 6.45) is 0.0453. The lowest BCUT2D eigenvalue weighted by atomic mass is 10.2. The molecule has 1 heterocycles. The van der Waals surface area contributed by atoms with Gasteiger partial charge in [-0.05, 0) is 30.3 Å². The summed E-state index contributed by atoms with van der Waals surface area (Å²) >= 11 is 6.94. The highest BCUT2D eigenvalue weighted by molar-refractivity contribution is 7.18. The molecule has 5 nitrogen and oxygen atoms in total. The van der Waals surface area contributed by atoms with Crippen LogP contribution in [0.4, 0.5) is 10.1 Å². The van der Waals surface area contributed by atoms with E-state index in [1.165, 1.54) is 41.5 Å². The summed E-state index contributed by atoms with van der Waals surface area (Å²) in [4.78, 5) is 37.6. The summed E-state index contributed by atoms with van der Waals surface area (Å²) in [5.41, 5.74) is 0.315. The van der Waals surface area contributed by atoms with E-state index in [1.54, 1.807) is 18.2 Å². The Bertz CT molecular complexity index is 794. The molecule has 132 valence electrons. The predicted octanol–water partition coefficient (Wildman–Crippen LogP) is 3.60. The van der Waals surface area contributed by atoms with E-state index in [0.29, 0.717) is 14.9 Å². The Hall–Kier alpha value is -2.25. The van der Waals surface area contributed by atoms with Crippen LogP contribution in [0.2, 0.25) is 4.34 Å². The Morgan fingerprint density at radius 2 is 1.96 bits per heavy atom. The number of nitrogens with zero attached hydrogens (tertiary/aromatic N) is 1. The predicted molar refractivity (Wildman–Crippen MR) is 95.6 cm³/mol. The number of hydrogen-bond acceptors (Lipinski definition) is 4. The highest BCUT2D eigenvalue weighted by Crippen LogP contribution is 2.23. The van der Waals surface area contributed by atoms with Crippen molar-refractivity contribution in [2.24, 2.45) is 0 Å². The van der Waals surface area contributed by atoms with Gasteiger partial charge in [-0.15, -0.1) is 11.3 Å². The zero-order valence-corrected chi connectivity index (χ0v) is 15.0. The van der Waals surface area contributed by atoms with E-state index in [2.05, 4.69) is 5.32 Å². The molecule has 0 unspecified atom stereocenters. The molecule has 25 heavy (non-hydrogen) atoms. The zero-order chi connectivity index (χ0) is 18.4. The zero-order valence-electron chi connectivity index (χ0n) is 13.4. The van der Waals surface area contributed by atoms with Crippen LogP contribution in [-0.2, 0) is 9.59 Å². The number of halogens is 2. The van der Waals surface area contributed by atoms with Crippen molar-refractivity contribution in [2.75, 3.05) is 18.9 Å². The second-order valence-corrected chi connectivity index (χ2v) is 7.05. The van der Waals surface area contributed by atoms with Gasteiger partial charge in [-0.3, -0.25) is 14.4 Å². The maximum Gasteiger partial charge on any atom is 0.243 e. The lowest BCUT2D eigenvalue weighted by Crippen LogP contribution is -2.35. The number of nitrogens with one attached hydrogen (secondary N) is 1. The third-order valence-electron chi connectivity index (χ3n) is 3.33. The topological polar surface area (TPSA) is 66.5 Å². The molecule has 0 spiro atoms. The van der Waals surface area contributed by atoms with E-state index in [4.69, 9.17) is 11.6 Å². The Balaban J connectivity index is 1.79. The van der Waals surface area contributed by atoms with Gasteiger partial charge < -0.3 is 10.2 Å². The average Bonchev–Trinajstić information content (AvgIpc) is 2.98. The van der Waals surface area contributed by atoms with Crippen LogP contribution in [0.1, 0.15) is 22.5 Å². The fourth-order valence-electron chi connectivity index (χ4n) is 2.07. The molecule has 0 saturated carbocycles. The van der Waals surface area contributed by atoms with Gasteiger partial charge in [-0.2, -0.15) is 0 Å². The first-order valence-electron chi connectivity index (χ1n) is 7.43. The molecule has 1 aromatic heterocycles. The van der Waals surface area contributed by atoms with E-state index < -0.39 is 11.7 Å². The van der Waals surface area contributed by atoms with Crippen LogP contribution in [-0.4, -0.2) is 36.1 Å². The molecule has 0 radical (unpaired) electrons. The number of likely N-dealkylation sites (N-methyl/N-ethyl adjacent to an activating group) is 1. The number of rotatable bonds is 7. The Morgan fingerprint density at radius 1 is 1.20 bits per heavy atom. The second-order valence-electron chi connectivity index (χ2n) is 5.34. The van der Waals surface area contributed by atoms with Crippen molar-refractivity contribution in [2.45, 2.75) is 12.8 Å². The van der Waals surface area contributed by atoms with Crippen LogP contribution >= 0.6 is 22.9 Å². The molecule has 0 fully saturated rings. The maximum atomic E-state index is 13.1. The second kappa shape index (κ2) is 8.73. The first-order chi connectivity index (χ1) is 11.8. The largest absolute Gasteiger partial charge is 0.336 e. The fraction of sp³-hybridized carbons (Fsp3) is 0.235. The first-order valence-corrected chi connectivity index (χ1v) is 8.62. The van der Waals surface area contributed by atoms with E-state index in [9.17, 15) is 18.8 Å². The number of thiophene rings is 1. The lowest BCUT2D eigenvalue weighted by molar-refractivity contribution is -0.133. The fourth-order valence-corrected chi connectivity index (χ4v) is 3.08. The van der Waals surface area contributed by atoms with Crippen molar-refractivity contribution in [1.82, 2.24) is 4.90 Å². The van der Waals surface area contributed by atoms with Crippen LogP contribution < -0.4 is 5.32 Å². The van der Waals surface area contributed by atoms with Crippen LogP contribution in [0.3, 0.4) is 0 Å². The molecule has 0 aliphatic heterocycles. The molecule has 1 N–H and O–H groups in total. The number of Topliss-reactive ketones (excluding diaryl/α,β-unsaturated/α-hetero) is 1. The third-order valence-corrected chi connectivity index (χ3v) is 4.60. The molecule has 0 aliphatic rings. The summed E-state index contributed by atoms with van der Waals surface area (Å²) in [6, 6.07) is 8.73. The summed E-state index contributed by atoms with van der Waals surface area (Å²) < 4.78 is 13.6. The van der Waals surface area contributed by atoms with E-state index in [-0.39, 0.29) is 31.1 Å². The minimum absolute atomic E-state index is 0.00189. The molecule has 2 amide bonds. The highest BCUT2D eigenvalue weighted by atomic mass is 35.5. The van der Waals surface area contributed by atoms with Gasteiger partial charge in [0.05, 0.1) is 15.8 Å². The summed E-state index contributed by atoms with van der Waals surface area (Å²) in [5.74, 6) is -1.40. The number of carbonyl (C=O) groups excluding carboxylic acids is 3. The van der Waals surface area contributed by atoms with E-state index >= 15 is 0 Å². The Kier molecular flexibility index (Phi) is 6.66. The Morgan fingerprint density at radius 3 is 2.60 bits per heavy atom. The quantitative estimate of drug-likeness (QED) is 0.744. The van der Waals surface area contributed by atoms with Gasteiger partial charge in [0.2, 0.25) is 11.8 Å². The van der Waals surface area contributed by atoms with Crippen molar-refractivity contribution < 1.29 is 18.8 Å². The maximum absolute atomic E-state index is 13.1. The molecular formula is C17H16ClFN2O3S. The highest BCUT2D eigenvalue weighted by Gasteiger charge is 2.16. The number of benzene rings is 1. The molecule has 0 atom stereocenters. The third kappa shape index (κ3) is 5.95. The number of hydrogen-bond donors (Lipinski definition) is 1. The smallest absolute Gasteiger partial charge is 0.243 e. The molecule has 0 bridgehead atoms. The first kappa shape index (κ1) is 19.1. The molecule has 0 aliphatic carbocycles. The van der Waals surface area contributed by atoms with Crippen LogP contribution in [0, 0.1) is 5.82 Å². The molecule has 8 heteroatoms. The van der Waals surface area contributed by atoms with Crippen molar-refractivity contribution in [3.63, 3.8) is 0 Å². The van der Waals surface area contributed by atoms with Crippen LogP contribution in [0.25, 0.3) is 0 Å². The number of amides is 2. The molecule has 1 aromatic carbocycles. The van der Waals surface area contributed by atoms with Gasteiger partial charge >= 0.3 is 0 Å². The molecule has 2 rings (SSSR count). The normalized spacial score (nSPS) is 10.4. The van der Waals surface area contributed by atoms with Crippen LogP contribution in [0.15, 0.2) is 36.4 Å². The standard InChI is InChI=1S/C17H16ClFN2O3S/c1-21(10-16(23)20-12-4-2-3-11(19)9-12)17(24)8-5-13(22)14-6-7-15(18)25-14/h2-4,6-7,9H,5,8,10H2,1H3,(H,20,23). The lowest BCUT2D eigenvalue weighted by Gasteiger charge is -2.16. The molecule has 0 saturated heterocycles. The SMILES string of the molecule is CN(CC(=O)Nc1cccc(F)c1)C(=O)CCC(=O)c1ccc(Cl)s1. The monoisotopic (exact) mass is 382 g/mol. The summed E-state index contributed by atoms with van der Waals surface area (Å²) in [5, 5.41) is 2.51. The number of anilines is 1. The van der Waals surface area contributed by atoms with Gasteiger partial charge in [0.25, 0.3) is 0 Å². The van der Waals surface area contributed by atoms with Crippen molar-refractivity contribution in [3.8, 4) is 0 Å². The summed E-state index contributed by atoms with van der Waals surface area (Å²) in [6.45, 7) is -0.186. The number of ketones is 1. The van der Waals surface area contributed by atoms with Gasteiger partial charge in [0, 0.05) is 25.6 Å². The van der Waals surface area contributed by atoms with Gasteiger partial charge in [-0.25, -0.2) is 4.39 Å². The van der Waals surface area contributed by atoms with E-state index in [1.807, 2.05) is 0 Å². The van der Waals surface area contributed by atoms with Gasteiger partial charge in [0.15, 0.2) is 5.78 Å².